The van der Waals surface area contributed by atoms with Gasteiger partial charge in [-0.3, -0.25) is 0 Å². The summed E-state index contributed by atoms with van der Waals surface area (Å²) in [6.07, 6.45) is 8.98. The van der Waals surface area contributed by atoms with E-state index in [0.717, 1.165) is 18.9 Å². The quantitative estimate of drug-likeness (QED) is 0.781. The minimum absolute atomic E-state index is 0.0283. The van der Waals surface area contributed by atoms with Crippen LogP contribution in [-0.4, -0.2) is 35.7 Å². The fourth-order valence-corrected chi connectivity index (χ4v) is 3.33. The van der Waals surface area contributed by atoms with Crippen LogP contribution in [0.2, 0.25) is 0 Å². The van der Waals surface area contributed by atoms with E-state index >= 15 is 0 Å². The Balaban J connectivity index is 1.81. The monoisotopic (exact) mass is 225 g/mol. The first-order chi connectivity index (χ1) is 7.75. The Morgan fingerprint density at radius 1 is 1.06 bits per heavy atom. The van der Waals surface area contributed by atoms with E-state index in [0.29, 0.717) is 5.92 Å². The highest BCUT2D eigenvalue weighted by Crippen LogP contribution is 2.30. The van der Waals surface area contributed by atoms with Gasteiger partial charge in [0.1, 0.15) is 0 Å². The maximum Gasteiger partial charge on any atom is 0.0580 e. The van der Waals surface area contributed by atoms with Crippen molar-refractivity contribution in [2.45, 2.75) is 58.0 Å². The summed E-state index contributed by atoms with van der Waals surface area (Å²) in [5.41, 5.74) is 0. The molecule has 2 aliphatic rings. The summed E-state index contributed by atoms with van der Waals surface area (Å²) in [7, 11) is 0. The lowest BCUT2D eigenvalue weighted by molar-refractivity contribution is 0.0311. The van der Waals surface area contributed by atoms with Crippen LogP contribution in [0, 0.1) is 11.8 Å². The van der Waals surface area contributed by atoms with Crippen LogP contribution in [0.1, 0.15) is 51.9 Å². The molecule has 2 heteroatoms. The fourth-order valence-electron chi connectivity index (χ4n) is 3.33. The van der Waals surface area contributed by atoms with Crippen LogP contribution in [-0.2, 0) is 0 Å². The van der Waals surface area contributed by atoms with Gasteiger partial charge in [-0.1, -0.05) is 19.8 Å². The summed E-state index contributed by atoms with van der Waals surface area (Å²) in [6.45, 7) is 6.00. The Kier molecular flexibility index (Phi) is 4.66. The topological polar surface area (TPSA) is 23.5 Å². The Labute approximate surface area is 100 Å². The molecule has 2 nitrogen and oxygen atoms in total. The zero-order chi connectivity index (χ0) is 11.4. The van der Waals surface area contributed by atoms with E-state index in [1.807, 2.05) is 0 Å². The Bertz CT molecular complexity index is 199. The van der Waals surface area contributed by atoms with Gasteiger partial charge in [0.25, 0.3) is 0 Å². The molecule has 1 aliphatic carbocycles. The molecule has 2 rings (SSSR count). The van der Waals surface area contributed by atoms with Gasteiger partial charge in [0.15, 0.2) is 0 Å². The summed E-state index contributed by atoms with van der Waals surface area (Å²) < 4.78 is 0. The highest BCUT2D eigenvalue weighted by molar-refractivity contribution is 4.81. The zero-order valence-electron chi connectivity index (χ0n) is 10.7. The first kappa shape index (κ1) is 12.4. The van der Waals surface area contributed by atoms with Gasteiger partial charge in [0.05, 0.1) is 6.10 Å². The number of aliphatic hydroxyl groups is 1. The van der Waals surface area contributed by atoms with Gasteiger partial charge in [-0.2, -0.15) is 0 Å². The highest BCUT2D eigenvalue weighted by Gasteiger charge is 2.28. The van der Waals surface area contributed by atoms with Crippen molar-refractivity contribution < 1.29 is 5.11 Å². The van der Waals surface area contributed by atoms with Gasteiger partial charge in [-0.15, -0.1) is 0 Å². The van der Waals surface area contributed by atoms with Crippen molar-refractivity contribution in [3.8, 4) is 0 Å². The summed E-state index contributed by atoms with van der Waals surface area (Å²) in [5.74, 6) is 1.36. The number of hydrogen-bond donors (Lipinski definition) is 1. The van der Waals surface area contributed by atoms with E-state index < -0.39 is 0 Å². The van der Waals surface area contributed by atoms with Crippen molar-refractivity contribution in [3.63, 3.8) is 0 Å². The predicted octanol–water partition coefficient (Wildman–Crippen LogP) is 2.66. The minimum atomic E-state index is -0.0283. The molecule has 3 unspecified atom stereocenters. The van der Waals surface area contributed by atoms with Gasteiger partial charge in [0, 0.05) is 6.54 Å². The van der Waals surface area contributed by atoms with Crippen molar-refractivity contribution in [1.29, 1.82) is 0 Å². The van der Waals surface area contributed by atoms with E-state index in [2.05, 4.69) is 11.8 Å². The standard InChI is InChI=1S/C14H27NO/c1-12-6-7-14(16)13(10-12)11-15-8-4-2-3-5-9-15/h12-14,16H,2-11H2,1H3. The molecule has 0 aromatic heterocycles. The molecule has 0 bridgehead atoms. The molecule has 1 N–H and O–H groups in total. The van der Waals surface area contributed by atoms with Crippen LogP contribution in [0.25, 0.3) is 0 Å². The van der Waals surface area contributed by atoms with Gasteiger partial charge >= 0.3 is 0 Å². The number of aliphatic hydroxyl groups excluding tert-OH is 1. The second kappa shape index (κ2) is 6.02. The third-order valence-electron chi connectivity index (χ3n) is 4.40. The molecular weight excluding hydrogens is 198 g/mol. The molecule has 1 heterocycles. The first-order valence-corrected chi connectivity index (χ1v) is 7.16. The van der Waals surface area contributed by atoms with Crippen LogP contribution in [0.3, 0.4) is 0 Å². The van der Waals surface area contributed by atoms with Gasteiger partial charge in [0.2, 0.25) is 0 Å². The molecular formula is C14H27NO. The molecule has 0 aromatic carbocycles. The average Bonchev–Trinajstić information content (AvgIpc) is 2.52. The molecule has 0 radical (unpaired) electrons. The van der Waals surface area contributed by atoms with Crippen molar-refractivity contribution in [2.75, 3.05) is 19.6 Å². The van der Waals surface area contributed by atoms with Crippen LogP contribution >= 0.6 is 0 Å². The SMILES string of the molecule is CC1CCC(O)C(CN2CCCCCC2)C1. The number of hydrogen-bond acceptors (Lipinski definition) is 2. The van der Waals surface area contributed by atoms with E-state index in [1.54, 1.807) is 0 Å². The number of nitrogens with zero attached hydrogens (tertiary/aromatic N) is 1. The van der Waals surface area contributed by atoms with Gasteiger partial charge in [-0.25, -0.2) is 0 Å². The van der Waals surface area contributed by atoms with Gasteiger partial charge in [-0.05, 0) is 57.0 Å². The van der Waals surface area contributed by atoms with Crippen molar-refractivity contribution >= 4 is 0 Å². The first-order valence-electron chi connectivity index (χ1n) is 7.16. The molecule has 1 saturated heterocycles. The smallest absolute Gasteiger partial charge is 0.0580 e. The number of rotatable bonds is 2. The van der Waals surface area contributed by atoms with Crippen LogP contribution < -0.4 is 0 Å². The maximum atomic E-state index is 10.1. The molecule has 94 valence electrons. The van der Waals surface area contributed by atoms with Gasteiger partial charge < -0.3 is 10.0 Å². The van der Waals surface area contributed by atoms with E-state index in [1.165, 1.54) is 51.6 Å². The molecule has 0 spiro atoms. The Hall–Kier alpha value is -0.0800. The normalized spacial score (nSPS) is 38.2. The largest absolute Gasteiger partial charge is 0.393 e. The Morgan fingerprint density at radius 3 is 2.44 bits per heavy atom. The van der Waals surface area contributed by atoms with E-state index in [4.69, 9.17) is 0 Å². The number of likely N-dealkylation sites (tertiary alicyclic amines) is 1. The Morgan fingerprint density at radius 2 is 1.75 bits per heavy atom. The predicted molar refractivity (Wildman–Crippen MR) is 67.4 cm³/mol. The maximum absolute atomic E-state index is 10.1. The molecule has 16 heavy (non-hydrogen) atoms. The lowest BCUT2D eigenvalue weighted by Crippen LogP contribution is -2.39. The van der Waals surface area contributed by atoms with Crippen LogP contribution in [0.4, 0.5) is 0 Å². The van der Waals surface area contributed by atoms with Crippen molar-refractivity contribution in [1.82, 2.24) is 4.90 Å². The average molecular weight is 225 g/mol. The molecule has 0 aromatic rings. The fraction of sp³-hybridized carbons (Fsp3) is 1.00. The zero-order valence-corrected chi connectivity index (χ0v) is 10.7. The molecule has 3 atom stereocenters. The lowest BCUT2D eigenvalue weighted by Gasteiger charge is -2.35. The summed E-state index contributed by atoms with van der Waals surface area (Å²) in [4.78, 5) is 2.60. The second-order valence-corrected chi connectivity index (χ2v) is 5.96. The minimum Gasteiger partial charge on any atom is -0.393 e. The summed E-state index contributed by atoms with van der Waals surface area (Å²) in [5, 5.41) is 10.1. The van der Waals surface area contributed by atoms with Crippen LogP contribution in [0.15, 0.2) is 0 Å². The highest BCUT2D eigenvalue weighted by atomic mass is 16.3. The molecule has 1 saturated carbocycles. The van der Waals surface area contributed by atoms with E-state index in [9.17, 15) is 5.11 Å². The molecule has 2 fully saturated rings. The lowest BCUT2D eigenvalue weighted by atomic mass is 9.80. The second-order valence-electron chi connectivity index (χ2n) is 5.96. The summed E-state index contributed by atoms with van der Waals surface area (Å²) >= 11 is 0. The molecule has 0 amide bonds. The summed E-state index contributed by atoms with van der Waals surface area (Å²) in [6, 6.07) is 0. The third-order valence-corrected chi connectivity index (χ3v) is 4.40. The van der Waals surface area contributed by atoms with Crippen molar-refractivity contribution in [3.05, 3.63) is 0 Å². The van der Waals surface area contributed by atoms with E-state index in [-0.39, 0.29) is 6.10 Å². The third kappa shape index (κ3) is 3.46. The van der Waals surface area contributed by atoms with Crippen molar-refractivity contribution in [2.24, 2.45) is 11.8 Å². The van der Waals surface area contributed by atoms with Crippen LogP contribution in [0.5, 0.6) is 0 Å². The molecule has 1 aliphatic heterocycles.